The van der Waals surface area contributed by atoms with Gasteiger partial charge in [-0.25, -0.2) is 4.79 Å². The molecule has 1 heterocycles. The second kappa shape index (κ2) is 5.75. The molecule has 22 heavy (non-hydrogen) atoms. The number of hydrogen-bond donors (Lipinski definition) is 1. The molecule has 2 rings (SSSR count). The predicted octanol–water partition coefficient (Wildman–Crippen LogP) is 3.17. The molecule has 0 saturated heterocycles. The van der Waals surface area contributed by atoms with E-state index in [0.29, 0.717) is 11.8 Å². The molecule has 5 nitrogen and oxygen atoms in total. The molecule has 0 saturated carbocycles. The van der Waals surface area contributed by atoms with E-state index in [9.17, 15) is 9.59 Å². The third-order valence-corrected chi connectivity index (χ3v) is 3.20. The Labute approximate surface area is 129 Å². The van der Waals surface area contributed by atoms with Crippen LogP contribution in [-0.4, -0.2) is 23.0 Å². The second-order valence-electron chi connectivity index (χ2n) is 6.36. The SMILES string of the molecule is CC(C)(C)OC(=O)NC(C)(C=O)c1ccc2ncccc2c1. The Balaban J connectivity index is 2.31. The molecule has 0 spiro atoms. The zero-order valence-electron chi connectivity index (χ0n) is 13.2. The van der Waals surface area contributed by atoms with E-state index in [1.165, 1.54) is 0 Å². The molecule has 0 aliphatic heterocycles. The highest BCUT2D eigenvalue weighted by Crippen LogP contribution is 2.23. The number of nitrogens with zero attached hydrogens (tertiary/aromatic N) is 1. The van der Waals surface area contributed by atoms with Gasteiger partial charge in [0.05, 0.1) is 5.52 Å². The van der Waals surface area contributed by atoms with Crippen molar-refractivity contribution in [3.63, 3.8) is 0 Å². The van der Waals surface area contributed by atoms with Crippen LogP contribution in [0.5, 0.6) is 0 Å². The van der Waals surface area contributed by atoms with E-state index in [4.69, 9.17) is 4.74 Å². The van der Waals surface area contributed by atoms with Crippen LogP contribution in [0.1, 0.15) is 33.3 Å². The lowest BCUT2D eigenvalue weighted by molar-refractivity contribution is -0.113. The van der Waals surface area contributed by atoms with Crippen molar-refractivity contribution in [1.82, 2.24) is 10.3 Å². The highest BCUT2D eigenvalue weighted by Gasteiger charge is 2.30. The molecule has 1 aromatic heterocycles. The van der Waals surface area contributed by atoms with Gasteiger partial charge in [-0.05, 0) is 51.5 Å². The van der Waals surface area contributed by atoms with Gasteiger partial charge < -0.3 is 14.8 Å². The van der Waals surface area contributed by atoms with Gasteiger partial charge in [0.1, 0.15) is 17.4 Å². The first-order chi connectivity index (χ1) is 10.2. The van der Waals surface area contributed by atoms with Gasteiger partial charge >= 0.3 is 6.09 Å². The molecular weight excluding hydrogens is 280 g/mol. The Hall–Kier alpha value is -2.43. The van der Waals surface area contributed by atoms with Crippen molar-refractivity contribution >= 4 is 23.3 Å². The van der Waals surface area contributed by atoms with Crippen LogP contribution in [0.3, 0.4) is 0 Å². The first kappa shape index (κ1) is 15.9. The summed E-state index contributed by atoms with van der Waals surface area (Å²) in [5.74, 6) is 0. The number of hydrogen-bond acceptors (Lipinski definition) is 4. The van der Waals surface area contributed by atoms with Gasteiger partial charge in [0.2, 0.25) is 0 Å². The fourth-order valence-corrected chi connectivity index (χ4v) is 2.08. The molecular formula is C17H20N2O3. The number of ether oxygens (including phenoxy) is 1. The molecule has 2 aromatic rings. The van der Waals surface area contributed by atoms with Gasteiger partial charge in [0.25, 0.3) is 0 Å². The summed E-state index contributed by atoms with van der Waals surface area (Å²) in [5, 5.41) is 3.53. The predicted molar refractivity (Wildman–Crippen MR) is 84.5 cm³/mol. The topological polar surface area (TPSA) is 68.3 Å². The van der Waals surface area contributed by atoms with Crippen molar-refractivity contribution in [2.24, 2.45) is 0 Å². The van der Waals surface area contributed by atoms with E-state index < -0.39 is 17.2 Å². The van der Waals surface area contributed by atoms with Crippen LogP contribution in [0.15, 0.2) is 36.5 Å². The summed E-state index contributed by atoms with van der Waals surface area (Å²) in [6.07, 6.45) is 1.78. The minimum absolute atomic E-state index is 0.624. The van der Waals surface area contributed by atoms with Crippen molar-refractivity contribution in [2.45, 2.75) is 38.8 Å². The monoisotopic (exact) mass is 300 g/mol. The molecule has 1 unspecified atom stereocenters. The molecule has 0 aliphatic rings. The first-order valence-corrected chi connectivity index (χ1v) is 7.06. The van der Waals surface area contributed by atoms with E-state index in [2.05, 4.69) is 10.3 Å². The highest BCUT2D eigenvalue weighted by molar-refractivity contribution is 5.83. The highest BCUT2D eigenvalue weighted by atomic mass is 16.6. The Bertz CT molecular complexity index is 706. The van der Waals surface area contributed by atoms with Gasteiger partial charge in [0.15, 0.2) is 0 Å². The second-order valence-corrected chi connectivity index (χ2v) is 6.36. The van der Waals surface area contributed by atoms with Crippen LogP contribution in [-0.2, 0) is 15.1 Å². The van der Waals surface area contributed by atoms with E-state index in [-0.39, 0.29) is 0 Å². The fraction of sp³-hybridized carbons (Fsp3) is 0.353. The smallest absolute Gasteiger partial charge is 0.408 e. The zero-order valence-corrected chi connectivity index (χ0v) is 13.2. The van der Waals surface area contributed by atoms with Crippen LogP contribution in [0.4, 0.5) is 4.79 Å². The maximum Gasteiger partial charge on any atom is 0.408 e. The lowest BCUT2D eigenvalue weighted by Crippen LogP contribution is -2.46. The van der Waals surface area contributed by atoms with Gasteiger partial charge in [0, 0.05) is 11.6 Å². The lowest BCUT2D eigenvalue weighted by Gasteiger charge is -2.28. The van der Waals surface area contributed by atoms with E-state index in [0.717, 1.165) is 10.9 Å². The molecule has 0 radical (unpaired) electrons. The number of aldehydes is 1. The fourth-order valence-electron chi connectivity index (χ4n) is 2.08. The van der Waals surface area contributed by atoms with Crippen molar-refractivity contribution in [2.75, 3.05) is 0 Å². The third kappa shape index (κ3) is 3.61. The Morgan fingerprint density at radius 1 is 1.23 bits per heavy atom. The van der Waals surface area contributed by atoms with Crippen LogP contribution in [0.25, 0.3) is 10.9 Å². The number of carbonyl (C=O) groups excluding carboxylic acids is 2. The first-order valence-electron chi connectivity index (χ1n) is 7.06. The summed E-state index contributed by atoms with van der Waals surface area (Å²) >= 11 is 0. The maximum absolute atomic E-state index is 12.0. The van der Waals surface area contributed by atoms with E-state index in [1.807, 2.05) is 24.3 Å². The number of nitrogens with one attached hydrogen (secondary N) is 1. The zero-order chi connectivity index (χ0) is 16.4. The number of aromatic nitrogens is 1. The summed E-state index contributed by atoms with van der Waals surface area (Å²) in [4.78, 5) is 27.8. The number of pyridine rings is 1. The molecule has 1 atom stereocenters. The summed E-state index contributed by atoms with van der Waals surface area (Å²) in [7, 11) is 0. The van der Waals surface area contributed by atoms with E-state index in [1.54, 1.807) is 40.0 Å². The number of alkyl carbamates (subject to hydrolysis) is 1. The van der Waals surface area contributed by atoms with E-state index >= 15 is 0 Å². The minimum Gasteiger partial charge on any atom is -0.444 e. The number of rotatable bonds is 3. The maximum atomic E-state index is 12.0. The number of benzene rings is 1. The molecule has 5 heteroatoms. The normalized spacial score (nSPS) is 14.2. The summed E-state index contributed by atoms with van der Waals surface area (Å²) in [6, 6.07) is 9.18. The van der Waals surface area contributed by atoms with Gasteiger partial charge in [-0.1, -0.05) is 12.1 Å². The minimum atomic E-state index is -1.16. The molecule has 0 aliphatic carbocycles. The Morgan fingerprint density at radius 3 is 2.59 bits per heavy atom. The van der Waals surface area contributed by atoms with Crippen LogP contribution >= 0.6 is 0 Å². The molecule has 1 amide bonds. The largest absolute Gasteiger partial charge is 0.444 e. The van der Waals surface area contributed by atoms with Crippen molar-refractivity contribution in [1.29, 1.82) is 0 Å². The quantitative estimate of drug-likeness (QED) is 0.884. The lowest BCUT2D eigenvalue weighted by atomic mass is 9.92. The summed E-state index contributed by atoms with van der Waals surface area (Å²) < 4.78 is 5.22. The summed E-state index contributed by atoms with van der Waals surface area (Å²) in [6.45, 7) is 6.95. The molecule has 0 bridgehead atoms. The van der Waals surface area contributed by atoms with Gasteiger partial charge in [-0.3, -0.25) is 4.98 Å². The molecule has 1 N–H and O–H groups in total. The molecule has 0 fully saturated rings. The third-order valence-electron chi connectivity index (χ3n) is 3.20. The van der Waals surface area contributed by atoms with Crippen LogP contribution in [0.2, 0.25) is 0 Å². The van der Waals surface area contributed by atoms with Crippen molar-refractivity contribution < 1.29 is 14.3 Å². The molecule has 116 valence electrons. The van der Waals surface area contributed by atoms with Crippen molar-refractivity contribution in [3.05, 3.63) is 42.1 Å². The number of carbonyl (C=O) groups is 2. The Kier molecular flexibility index (Phi) is 4.17. The van der Waals surface area contributed by atoms with Gasteiger partial charge in [-0.2, -0.15) is 0 Å². The van der Waals surface area contributed by atoms with Crippen LogP contribution < -0.4 is 5.32 Å². The number of amides is 1. The average molecular weight is 300 g/mol. The average Bonchev–Trinajstić information content (AvgIpc) is 2.44. The van der Waals surface area contributed by atoms with Gasteiger partial charge in [-0.15, -0.1) is 0 Å². The standard InChI is InChI=1S/C17H20N2O3/c1-16(2,3)22-15(21)19-17(4,11-20)13-7-8-14-12(10-13)6-5-9-18-14/h5-11H,1-4H3,(H,19,21). The summed E-state index contributed by atoms with van der Waals surface area (Å²) in [5.41, 5.74) is -0.279. The number of fused-ring (bicyclic) bond motifs is 1. The Morgan fingerprint density at radius 2 is 1.95 bits per heavy atom. The molecule has 1 aromatic carbocycles. The van der Waals surface area contributed by atoms with Crippen molar-refractivity contribution in [3.8, 4) is 0 Å². The van der Waals surface area contributed by atoms with Crippen LogP contribution in [0, 0.1) is 0 Å².